The average molecular weight is 274 g/mol. The van der Waals surface area contributed by atoms with E-state index in [1.54, 1.807) is 7.05 Å². The highest BCUT2D eigenvalue weighted by Gasteiger charge is 2.19. The minimum atomic E-state index is -0.852. The topological polar surface area (TPSA) is 52.5 Å². The van der Waals surface area contributed by atoms with Crippen LogP contribution >= 0.6 is 15.9 Å². The minimum absolute atomic E-state index is 0.368. The lowest BCUT2D eigenvalue weighted by Crippen LogP contribution is -2.29. The van der Waals surface area contributed by atoms with Crippen LogP contribution < -0.4 is 5.32 Å². The number of rotatable bonds is 4. The maximum absolute atomic E-state index is 9.91. The maximum Gasteiger partial charge on any atom is 0.106 e. The molecule has 84 valence electrons. The quantitative estimate of drug-likeness (QED) is 0.777. The van der Waals surface area contributed by atoms with Crippen LogP contribution in [-0.2, 0) is 0 Å². The third-order valence-electron chi connectivity index (χ3n) is 2.34. The number of benzene rings is 1. The van der Waals surface area contributed by atoms with E-state index in [1.807, 2.05) is 25.1 Å². The zero-order valence-corrected chi connectivity index (χ0v) is 10.5. The fourth-order valence-corrected chi connectivity index (χ4v) is 1.84. The highest BCUT2D eigenvalue weighted by molar-refractivity contribution is 9.10. The fraction of sp³-hybridized carbons (Fsp3) is 0.455. The minimum Gasteiger partial charge on any atom is -0.389 e. The van der Waals surface area contributed by atoms with Crippen molar-refractivity contribution in [1.82, 2.24) is 5.32 Å². The second-order valence-corrected chi connectivity index (χ2v) is 4.49. The van der Waals surface area contributed by atoms with Gasteiger partial charge in [0.15, 0.2) is 0 Å². The van der Waals surface area contributed by atoms with Gasteiger partial charge in [0.25, 0.3) is 0 Å². The number of halogens is 1. The molecule has 0 saturated carbocycles. The molecule has 3 N–H and O–H groups in total. The first-order valence-electron chi connectivity index (χ1n) is 4.83. The summed E-state index contributed by atoms with van der Waals surface area (Å²) in [6.45, 7) is 2.28. The van der Waals surface area contributed by atoms with Crippen molar-refractivity contribution in [3.05, 3.63) is 33.8 Å². The number of hydrogen-bond donors (Lipinski definition) is 3. The molecule has 0 heterocycles. The van der Waals surface area contributed by atoms with Crippen LogP contribution in [0, 0.1) is 6.92 Å². The number of aryl methyl sites for hydroxylation is 1. The first kappa shape index (κ1) is 12.6. The molecule has 1 aromatic rings. The van der Waals surface area contributed by atoms with Crippen LogP contribution in [0.3, 0.4) is 0 Å². The Hall–Kier alpha value is -0.420. The lowest BCUT2D eigenvalue weighted by atomic mass is 9.99. The Labute approximate surface area is 98.3 Å². The molecule has 4 heteroatoms. The number of aliphatic hydroxyl groups excluding tert-OH is 2. The highest BCUT2D eigenvalue weighted by atomic mass is 79.9. The van der Waals surface area contributed by atoms with Gasteiger partial charge in [-0.3, -0.25) is 0 Å². The zero-order valence-electron chi connectivity index (χ0n) is 8.87. The molecule has 1 aromatic carbocycles. The van der Waals surface area contributed by atoms with Gasteiger partial charge in [0.2, 0.25) is 0 Å². The van der Waals surface area contributed by atoms with E-state index in [-0.39, 0.29) is 0 Å². The van der Waals surface area contributed by atoms with Gasteiger partial charge in [0.05, 0.1) is 6.10 Å². The van der Waals surface area contributed by atoms with E-state index in [1.165, 1.54) is 0 Å². The van der Waals surface area contributed by atoms with E-state index in [0.717, 1.165) is 15.6 Å². The van der Waals surface area contributed by atoms with Gasteiger partial charge < -0.3 is 15.5 Å². The zero-order chi connectivity index (χ0) is 11.4. The van der Waals surface area contributed by atoms with Gasteiger partial charge in [0.1, 0.15) is 6.10 Å². The van der Waals surface area contributed by atoms with Crippen molar-refractivity contribution in [3.8, 4) is 0 Å². The largest absolute Gasteiger partial charge is 0.389 e. The molecule has 2 atom stereocenters. The molecule has 0 saturated heterocycles. The van der Waals surface area contributed by atoms with Crippen LogP contribution in [0.1, 0.15) is 17.2 Å². The third-order valence-corrected chi connectivity index (χ3v) is 2.83. The summed E-state index contributed by atoms with van der Waals surface area (Å²) >= 11 is 3.34. The van der Waals surface area contributed by atoms with Crippen LogP contribution in [0.15, 0.2) is 22.7 Å². The summed E-state index contributed by atoms with van der Waals surface area (Å²) in [6.07, 6.45) is -1.64. The van der Waals surface area contributed by atoms with E-state index in [0.29, 0.717) is 6.54 Å². The lowest BCUT2D eigenvalue weighted by molar-refractivity contribution is 0.0198. The van der Waals surface area contributed by atoms with Crippen molar-refractivity contribution in [1.29, 1.82) is 0 Å². The van der Waals surface area contributed by atoms with Gasteiger partial charge in [-0.2, -0.15) is 0 Å². The smallest absolute Gasteiger partial charge is 0.106 e. The Kier molecular flexibility index (Phi) is 4.73. The number of aliphatic hydroxyl groups is 2. The summed E-state index contributed by atoms with van der Waals surface area (Å²) in [5.41, 5.74) is 1.73. The van der Waals surface area contributed by atoms with Gasteiger partial charge in [-0.05, 0) is 37.2 Å². The van der Waals surface area contributed by atoms with E-state index < -0.39 is 12.2 Å². The van der Waals surface area contributed by atoms with Crippen molar-refractivity contribution in [2.24, 2.45) is 0 Å². The Bertz CT molecular complexity index is 330. The van der Waals surface area contributed by atoms with Crippen LogP contribution in [0.5, 0.6) is 0 Å². The van der Waals surface area contributed by atoms with E-state index >= 15 is 0 Å². The van der Waals surface area contributed by atoms with Gasteiger partial charge in [0, 0.05) is 11.0 Å². The summed E-state index contributed by atoms with van der Waals surface area (Å²) < 4.78 is 0.902. The van der Waals surface area contributed by atoms with E-state index in [9.17, 15) is 10.2 Å². The Morgan fingerprint density at radius 3 is 2.67 bits per heavy atom. The molecule has 0 fully saturated rings. The molecular formula is C11H16BrNO2. The number of likely N-dealkylation sites (N-methyl/N-ethyl adjacent to an activating group) is 1. The van der Waals surface area contributed by atoms with Gasteiger partial charge in [-0.15, -0.1) is 0 Å². The van der Waals surface area contributed by atoms with Crippen LogP contribution in [-0.4, -0.2) is 29.9 Å². The summed E-state index contributed by atoms with van der Waals surface area (Å²) in [7, 11) is 1.74. The predicted octanol–water partition coefficient (Wildman–Crippen LogP) is 1.37. The Morgan fingerprint density at radius 1 is 1.40 bits per heavy atom. The molecule has 3 nitrogen and oxygen atoms in total. The molecule has 0 bridgehead atoms. The predicted molar refractivity (Wildman–Crippen MR) is 63.8 cm³/mol. The fourth-order valence-electron chi connectivity index (χ4n) is 1.46. The van der Waals surface area contributed by atoms with E-state index in [4.69, 9.17) is 0 Å². The van der Waals surface area contributed by atoms with Crippen LogP contribution in [0.2, 0.25) is 0 Å². The van der Waals surface area contributed by atoms with Crippen LogP contribution in [0.4, 0.5) is 0 Å². The summed E-state index contributed by atoms with van der Waals surface area (Å²) in [4.78, 5) is 0. The Morgan fingerprint density at radius 2 is 2.07 bits per heavy atom. The van der Waals surface area contributed by atoms with E-state index in [2.05, 4.69) is 21.2 Å². The van der Waals surface area contributed by atoms with Crippen molar-refractivity contribution in [2.75, 3.05) is 13.6 Å². The SMILES string of the molecule is CNCC(O)C(O)c1cc(Br)ccc1C. The highest BCUT2D eigenvalue weighted by Crippen LogP contribution is 2.24. The number of hydrogen-bond acceptors (Lipinski definition) is 3. The molecule has 0 aliphatic carbocycles. The second-order valence-electron chi connectivity index (χ2n) is 3.57. The Balaban J connectivity index is 2.89. The van der Waals surface area contributed by atoms with Crippen molar-refractivity contribution in [3.63, 3.8) is 0 Å². The molecule has 0 aromatic heterocycles. The molecule has 0 aliphatic heterocycles. The van der Waals surface area contributed by atoms with Crippen molar-refractivity contribution >= 4 is 15.9 Å². The molecule has 0 aliphatic rings. The molecule has 0 spiro atoms. The van der Waals surface area contributed by atoms with Gasteiger partial charge >= 0.3 is 0 Å². The molecular weight excluding hydrogens is 258 g/mol. The molecule has 0 radical (unpaired) electrons. The summed E-state index contributed by atoms with van der Waals surface area (Å²) in [6, 6.07) is 5.66. The molecule has 1 rings (SSSR count). The van der Waals surface area contributed by atoms with Crippen LogP contribution in [0.25, 0.3) is 0 Å². The maximum atomic E-state index is 9.91. The standard InChI is InChI=1S/C11H16BrNO2/c1-7-3-4-8(12)5-9(7)11(15)10(14)6-13-2/h3-5,10-11,13-15H,6H2,1-2H3. The van der Waals surface area contributed by atoms with Crippen molar-refractivity contribution < 1.29 is 10.2 Å². The first-order chi connectivity index (χ1) is 7.06. The average Bonchev–Trinajstić information content (AvgIpc) is 2.21. The van der Waals surface area contributed by atoms with Gasteiger partial charge in [-0.25, -0.2) is 0 Å². The monoisotopic (exact) mass is 273 g/mol. The second kappa shape index (κ2) is 5.61. The lowest BCUT2D eigenvalue weighted by Gasteiger charge is -2.19. The molecule has 15 heavy (non-hydrogen) atoms. The normalized spacial score (nSPS) is 15.0. The summed E-state index contributed by atoms with van der Waals surface area (Å²) in [5, 5.41) is 22.4. The third kappa shape index (κ3) is 3.28. The van der Waals surface area contributed by atoms with Crippen molar-refractivity contribution in [2.45, 2.75) is 19.1 Å². The molecule has 2 unspecified atom stereocenters. The first-order valence-corrected chi connectivity index (χ1v) is 5.62. The number of nitrogens with one attached hydrogen (secondary N) is 1. The molecule has 0 amide bonds. The summed E-state index contributed by atoms with van der Waals surface area (Å²) in [5.74, 6) is 0. The van der Waals surface area contributed by atoms with Gasteiger partial charge in [-0.1, -0.05) is 22.0 Å².